The molecule has 0 aliphatic carbocycles. The van der Waals surface area contributed by atoms with E-state index < -0.39 is 0 Å². The van der Waals surface area contributed by atoms with Gasteiger partial charge in [-0.3, -0.25) is 0 Å². The molecule has 0 spiro atoms. The summed E-state index contributed by atoms with van der Waals surface area (Å²) in [4.78, 5) is 0. The fraction of sp³-hybridized carbons (Fsp3) is 0.294. The van der Waals surface area contributed by atoms with Crippen LogP contribution in [0.3, 0.4) is 0 Å². The first kappa shape index (κ1) is 15.0. The molecule has 20 heavy (non-hydrogen) atoms. The summed E-state index contributed by atoms with van der Waals surface area (Å²) >= 11 is 6.07. The standard InChI is InChI=1S/C17H19ClFN/c1-11(2)12-3-5-13(6-4-12)17(20)10-14-9-15(19)7-8-16(14)18/h3-9,11,17H,10,20H2,1-2H3. The Bertz CT molecular complexity index is 578. The van der Waals surface area contributed by atoms with E-state index in [1.807, 2.05) is 12.1 Å². The predicted octanol–water partition coefficient (Wildman–Crippen LogP) is 4.85. The van der Waals surface area contributed by atoms with E-state index >= 15 is 0 Å². The Balaban J connectivity index is 2.15. The second-order valence-electron chi connectivity index (χ2n) is 5.37. The Morgan fingerprint density at radius 1 is 1.05 bits per heavy atom. The van der Waals surface area contributed by atoms with Crippen molar-refractivity contribution in [3.63, 3.8) is 0 Å². The molecule has 0 saturated carbocycles. The van der Waals surface area contributed by atoms with Gasteiger partial charge in [0.1, 0.15) is 5.82 Å². The highest BCUT2D eigenvalue weighted by atomic mass is 35.5. The maximum atomic E-state index is 13.2. The first-order valence-corrected chi connectivity index (χ1v) is 7.14. The molecule has 106 valence electrons. The molecule has 0 radical (unpaired) electrons. The van der Waals surface area contributed by atoms with Crippen molar-refractivity contribution in [3.05, 3.63) is 70.0 Å². The van der Waals surface area contributed by atoms with Gasteiger partial charge in [-0.2, -0.15) is 0 Å². The van der Waals surface area contributed by atoms with Crippen molar-refractivity contribution in [2.24, 2.45) is 5.73 Å². The molecule has 2 aromatic carbocycles. The number of hydrogen-bond acceptors (Lipinski definition) is 1. The molecular formula is C17H19ClFN. The van der Waals surface area contributed by atoms with Crippen LogP contribution < -0.4 is 5.73 Å². The van der Waals surface area contributed by atoms with Gasteiger partial charge in [-0.15, -0.1) is 0 Å². The van der Waals surface area contributed by atoms with E-state index in [1.54, 1.807) is 6.07 Å². The zero-order valence-corrected chi connectivity index (χ0v) is 12.5. The summed E-state index contributed by atoms with van der Waals surface area (Å²) in [5.74, 6) is 0.213. The third-order valence-corrected chi connectivity index (χ3v) is 3.85. The Morgan fingerprint density at radius 2 is 1.65 bits per heavy atom. The second kappa shape index (κ2) is 6.38. The Kier molecular flexibility index (Phi) is 4.79. The Labute approximate surface area is 124 Å². The SMILES string of the molecule is CC(C)c1ccc(C(N)Cc2cc(F)ccc2Cl)cc1. The van der Waals surface area contributed by atoms with Crippen LogP contribution in [0.2, 0.25) is 5.02 Å². The molecule has 0 aliphatic heterocycles. The highest BCUT2D eigenvalue weighted by Gasteiger charge is 2.11. The Hall–Kier alpha value is -1.38. The molecule has 2 N–H and O–H groups in total. The van der Waals surface area contributed by atoms with Crippen LogP contribution in [0.5, 0.6) is 0 Å². The van der Waals surface area contributed by atoms with E-state index in [2.05, 4.69) is 26.0 Å². The van der Waals surface area contributed by atoms with Crippen LogP contribution in [0.1, 0.15) is 42.5 Å². The molecule has 0 aliphatic rings. The lowest BCUT2D eigenvalue weighted by Crippen LogP contribution is -2.13. The molecular weight excluding hydrogens is 273 g/mol. The number of nitrogens with two attached hydrogens (primary N) is 1. The molecule has 2 aromatic rings. The highest BCUT2D eigenvalue weighted by Crippen LogP contribution is 2.24. The van der Waals surface area contributed by atoms with Gasteiger partial charge < -0.3 is 5.73 Å². The van der Waals surface area contributed by atoms with Gasteiger partial charge >= 0.3 is 0 Å². The third-order valence-electron chi connectivity index (χ3n) is 3.48. The fourth-order valence-electron chi connectivity index (χ4n) is 2.18. The van der Waals surface area contributed by atoms with E-state index in [9.17, 15) is 4.39 Å². The molecule has 0 amide bonds. The summed E-state index contributed by atoms with van der Waals surface area (Å²) < 4.78 is 13.2. The van der Waals surface area contributed by atoms with Crippen molar-refractivity contribution >= 4 is 11.6 Å². The molecule has 0 fully saturated rings. The second-order valence-corrected chi connectivity index (χ2v) is 5.77. The van der Waals surface area contributed by atoms with Gasteiger partial charge in [-0.05, 0) is 47.2 Å². The maximum absolute atomic E-state index is 13.2. The van der Waals surface area contributed by atoms with E-state index in [-0.39, 0.29) is 11.9 Å². The zero-order valence-electron chi connectivity index (χ0n) is 11.7. The van der Waals surface area contributed by atoms with E-state index in [4.69, 9.17) is 17.3 Å². The lowest BCUT2D eigenvalue weighted by atomic mass is 9.96. The smallest absolute Gasteiger partial charge is 0.123 e. The minimum absolute atomic E-state index is 0.185. The minimum atomic E-state index is -0.285. The van der Waals surface area contributed by atoms with Gasteiger partial charge in [-0.25, -0.2) is 4.39 Å². The van der Waals surface area contributed by atoms with Crippen LogP contribution in [-0.2, 0) is 6.42 Å². The van der Waals surface area contributed by atoms with Gasteiger partial charge in [0.25, 0.3) is 0 Å². The fourth-order valence-corrected chi connectivity index (χ4v) is 2.38. The van der Waals surface area contributed by atoms with Crippen molar-refractivity contribution < 1.29 is 4.39 Å². The molecule has 2 rings (SSSR count). The Morgan fingerprint density at radius 3 is 2.25 bits per heavy atom. The van der Waals surface area contributed by atoms with Crippen LogP contribution >= 0.6 is 11.6 Å². The lowest BCUT2D eigenvalue weighted by Gasteiger charge is -2.14. The lowest BCUT2D eigenvalue weighted by molar-refractivity contribution is 0.622. The molecule has 0 saturated heterocycles. The molecule has 3 heteroatoms. The largest absolute Gasteiger partial charge is 0.324 e. The molecule has 0 aromatic heterocycles. The van der Waals surface area contributed by atoms with E-state index in [0.717, 1.165) is 11.1 Å². The van der Waals surface area contributed by atoms with Crippen LogP contribution in [0.4, 0.5) is 4.39 Å². The van der Waals surface area contributed by atoms with Crippen LogP contribution in [0.25, 0.3) is 0 Å². The van der Waals surface area contributed by atoms with Crippen molar-refractivity contribution in [3.8, 4) is 0 Å². The summed E-state index contributed by atoms with van der Waals surface area (Å²) in [6.07, 6.45) is 0.525. The first-order valence-electron chi connectivity index (χ1n) is 6.76. The monoisotopic (exact) mass is 291 g/mol. The van der Waals surface area contributed by atoms with Crippen molar-refractivity contribution in [1.29, 1.82) is 0 Å². The third kappa shape index (κ3) is 3.59. The number of benzene rings is 2. The average Bonchev–Trinajstić information content (AvgIpc) is 2.43. The molecule has 1 nitrogen and oxygen atoms in total. The highest BCUT2D eigenvalue weighted by molar-refractivity contribution is 6.31. The summed E-state index contributed by atoms with van der Waals surface area (Å²) in [6, 6.07) is 12.4. The minimum Gasteiger partial charge on any atom is -0.324 e. The summed E-state index contributed by atoms with van der Waals surface area (Å²) in [7, 11) is 0. The maximum Gasteiger partial charge on any atom is 0.123 e. The molecule has 0 heterocycles. The van der Waals surface area contributed by atoms with Crippen LogP contribution in [0, 0.1) is 5.82 Å². The van der Waals surface area contributed by atoms with E-state index in [0.29, 0.717) is 17.4 Å². The van der Waals surface area contributed by atoms with Crippen LogP contribution in [0.15, 0.2) is 42.5 Å². The van der Waals surface area contributed by atoms with Crippen molar-refractivity contribution in [2.75, 3.05) is 0 Å². The van der Waals surface area contributed by atoms with Crippen molar-refractivity contribution in [2.45, 2.75) is 32.2 Å². The normalized spacial score (nSPS) is 12.7. The van der Waals surface area contributed by atoms with E-state index in [1.165, 1.54) is 17.7 Å². The predicted molar refractivity (Wildman–Crippen MR) is 82.6 cm³/mol. The topological polar surface area (TPSA) is 26.0 Å². The molecule has 0 bridgehead atoms. The summed E-state index contributed by atoms with van der Waals surface area (Å²) in [6.45, 7) is 4.31. The molecule has 1 unspecified atom stereocenters. The quantitative estimate of drug-likeness (QED) is 0.856. The zero-order chi connectivity index (χ0) is 14.7. The van der Waals surface area contributed by atoms with Gasteiger partial charge in [0.05, 0.1) is 0 Å². The van der Waals surface area contributed by atoms with Crippen molar-refractivity contribution in [1.82, 2.24) is 0 Å². The van der Waals surface area contributed by atoms with Gasteiger partial charge in [0.15, 0.2) is 0 Å². The van der Waals surface area contributed by atoms with Crippen LogP contribution in [-0.4, -0.2) is 0 Å². The van der Waals surface area contributed by atoms with Gasteiger partial charge in [-0.1, -0.05) is 49.7 Å². The number of halogens is 2. The summed E-state index contributed by atoms with van der Waals surface area (Å²) in [5.41, 5.74) is 9.25. The van der Waals surface area contributed by atoms with Gasteiger partial charge in [0.2, 0.25) is 0 Å². The average molecular weight is 292 g/mol. The number of rotatable bonds is 4. The number of hydrogen-bond donors (Lipinski definition) is 1. The van der Waals surface area contributed by atoms with Gasteiger partial charge in [0, 0.05) is 11.1 Å². The summed E-state index contributed by atoms with van der Waals surface area (Å²) in [5, 5.41) is 0.556. The molecule has 1 atom stereocenters. The first-order chi connectivity index (χ1) is 9.47.